The van der Waals surface area contributed by atoms with Crippen molar-refractivity contribution in [2.75, 3.05) is 31.1 Å². The third-order valence-corrected chi connectivity index (χ3v) is 4.77. The average Bonchev–Trinajstić information content (AvgIpc) is 2.69. The molecule has 1 aliphatic heterocycles. The molecule has 1 fully saturated rings. The Morgan fingerprint density at radius 2 is 1.96 bits per heavy atom. The Hall–Kier alpha value is -2.56. The Balaban J connectivity index is 1.38. The SMILES string of the molecule is CCOc1ccc(CC(=O)NCC2CCN(c3ccccn3)CC2)cc1. The summed E-state index contributed by atoms with van der Waals surface area (Å²) in [6.07, 6.45) is 4.42. The monoisotopic (exact) mass is 353 g/mol. The Bertz CT molecular complexity index is 680. The van der Waals surface area contributed by atoms with Gasteiger partial charge in [0.1, 0.15) is 11.6 Å². The average molecular weight is 353 g/mol. The van der Waals surface area contributed by atoms with Crippen molar-refractivity contribution >= 4 is 11.7 Å². The summed E-state index contributed by atoms with van der Waals surface area (Å²) in [7, 11) is 0. The molecule has 3 rings (SSSR count). The van der Waals surface area contributed by atoms with Crippen LogP contribution >= 0.6 is 0 Å². The number of carbonyl (C=O) groups excluding carboxylic acids is 1. The maximum Gasteiger partial charge on any atom is 0.224 e. The van der Waals surface area contributed by atoms with Gasteiger partial charge in [-0.1, -0.05) is 18.2 Å². The summed E-state index contributed by atoms with van der Waals surface area (Å²) >= 11 is 0. The van der Waals surface area contributed by atoms with E-state index < -0.39 is 0 Å². The van der Waals surface area contributed by atoms with Crippen LogP contribution < -0.4 is 15.0 Å². The van der Waals surface area contributed by atoms with Gasteiger partial charge in [-0.25, -0.2) is 4.98 Å². The Morgan fingerprint density at radius 1 is 1.19 bits per heavy atom. The molecule has 1 saturated heterocycles. The van der Waals surface area contributed by atoms with Crippen molar-refractivity contribution < 1.29 is 9.53 Å². The van der Waals surface area contributed by atoms with Crippen molar-refractivity contribution in [2.45, 2.75) is 26.2 Å². The van der Waals surface area contributed by atoms with Crippen LogP contribution in [0, 0.1) is 5.92 Å². The molecule has 1 aromatic heterocycles. The summed E-state index contributed by atoms with van der Waals surface area (Å²) in [5.74, 6) is 2.52. The number of aromatic nitrogens is 1. The lowest BCUT2D eigenvalue weighted by Gasteiger charge is -2.32. The predicted molar refractivity (Wildman–Crippen MR) is 103 cm³/mol. The number of rotatable bonds is 7. The largest absolute Gasteiger partial charge is 0.494 e. The molecule has 1 aromatic carbocycles. The number of nitrogens with one attached hydrogen (secondary N) is 1. The molecule has 0 radical (unpaired) electrons. The molecule has 0 aliphatic carbocycles. The van der Waals surface area contributed by atoms with Gasteiger partial charge in [-0.2, -0.15) is 0 Å². The predicted octanol–water partition coefficient (Wildman–Crippen LogP) is 3.06. The number of carbonyl (C=O) groups is 1. The third kappa shape index (κ3) is 5.22. The minimum absolute atomic E-state index is 0.0846. The molecule has 2 aromatic rings. The highest BCUT2D eigenvalue weighted by Gasteiger charge is 2.20. The van der Waals surface area contributed by atoms with Crippen LogP contribution in [0.4, 0.5) is 5.82 Å². The Morgan fingerprint density at radius 3 is 2.62 bits per heavy atom. The number of nitrogens with zero attached hydrogens (tertiary/aromatic N) is 2. The van der Waals surface area contributed by atoms with Crippen molar-refractivity contribution in [3.63, 3.8) is 0 Å². The zero-order chi connectivity index (χ0) is 18.2. The van der Waals surface area contributed by atoms with Crippen molar-refractivity contribution in [3.8, 4) is 5.75 Å². The van der Waals surface area contributed by atoms with Crippen LogP contribution in [0.5, 0.6) is 5.75 Å². The van der Waals surface area contributed by atoms with Crippen molar-refractivity contribution in [2.24, 2.45) is 5.92 Å². The first-order chi connectivity index (χ1) is 12.7. The number of ether oxygens (including phenoxy) is 1. The van der Waals surface area contributed by atoms with E-state index >= 15 is 0 Å². The van der Waals surface area contributed by atoms with Gasteiger partial charge in [0.25, 0.3) is 0 Å². The second-order valence-electron chi connectivity index (χ2n) is 6.68. The molecule has 0 unspecified atom stereocenters. The van der Waals surface area contributed by atoms with Gasteiger partial charge in [0.15, 0.2) is 0 Å². The van der Waals surface area contributed by atoms with Crippen molar-refractivity contribution in [3.05, 3.63) is 54.2 Å². The highest BCUT2D eigenvalue weighted by molar-refractivity contribution is 5.78. The van der Waals surface area contributed by atoms with Crippen LogP contribution in [0.2, 0.25) is 0 Å². The fourth-order valence-corrected chi connectivity index (χ4v) is 3.28. The number of benzene rings is 1. The van der Waals surface area contributed by atoms with Gasteiger partial charge in [-0.05, 0) is 55.5 Å². The van der Waals surface area contributed by atoms with E-state index in [0.29, 0.717) is 18.9 Å². The smallest absolute Gasteiger partial charge is 0.224 e. The molecule has 26 heavy (non-hydrogen) atoms. The molecule has 1 aliphatic rings. The lowest BCUT2D eigenvalue weighted by atomic mass is 9.96. The number of amides is 1. The number of anilines is 1. The van der Waals surface area contributed by atoms with Crippen LogP contribution in [0.15, 0.2) is 48.7 Å². The maximum absolute atomic E-state index is 12.2. The van der Waals surface area contributed by atoms with Gasteiger partial charge in [-0.15, -0.1) is 0 Å². The summed E-state index contributed by atoms with van der Waals surface area (Å²) in [4.78, 5) is 18.9. The zero-order valence-corrected chi connectivity index (χ0v) is 15.4. The van der Waals surface area contributed by atoms with Gasteiger partial charge in [0, 0.05) is 25.8 Å². The molecule has 0 atom stereocenters. The van der Waals surface area contributed by atoms with E-state index in [-0.39, 0.29) is 5.91 Å². The molecular formula is C21H27N3O2. The normalized spacial score (nSPS) is 14.9. The Kier molecular flexibility index (Phi) is 6.47. The minimum Gasteiger partial charge on any atom is -0.494 e. The molecule has 1 amide bonds. The maximum atomic E-state index is 12.2. The molecule has 5 heteroatoms. The first kappa shape index (κ1) is 18.2. The fourth-order valence-electron chi connectivity index (χ4n) is 3.28. The molecule has 0 spiro atoms. The van der Waals surface area contributed by atoms with Crippen molar-refractivity contribution in [1.82, 2.24) is 10.3 Å². The van der Waals surface area contributed by atoms with Gasteiger partial charge in [0.05, 0.1) is 13.0 Å². The van der Waals surface area contributed by atoms with E-state index in [0.717, 1.165) is 49.6 Å². The molecule has 1 N–H and O–H groups in total. The summed E-state index contributed by atoms with van der Waals surface area (Å²) in [6.45, 7) is 5.36. The van der Waals surface area contributed by atoms with Crippen LogP contribution in [0.25, 0.3) is 0 Å². The third-order valence-electron chi connectivity index (χ3n) is 4.77. The fraction of sp³-hybridized carbons (Fsp3) is 0.429. The lowest BCUT2D eigenvalue weighted by molar-refractivity contribution is -0.120. The second-order valence-corrected chi connectivity index (χ2v) is 6.68. The number of hydrogen-bond donors (Lipinski definition) is 1. The Labute approximate surface area is 155 Å². The first-order valence-corrected chi connectivity index (χ1v) is 9.39. The molecule has 138 valence electrons. The van der Waals surface area contributed by atoms with Crippen LogP contribution in [-0.2, 0) is 11.2 Å². The molecule has 0 bridgehead atoms. The lowest BCUT2D eigenvalue weighted by Crippen LogP contribution is -2.39. The first-order valence-electron chi connectivity index (χ1n) is 9.39. The van der Waals surface area contributed by atoms with Gasteiger partial charge in [0.2, 0.25) is 5.91 Å². The molecular weight excluding hydrogens is 326 g/mol. The van der Waals surface area contributed by atoms with Crippen LogP contribution in [0.3, 0.4) is 0 Å². The summed E-state index contributed by atoms with van der Waals surface area (Å²) < 4.78 is 5.42. The molecule has 0 saturated carbocycles. The van der Waals surface area contributed by atoms with Gasteiger partial charge < -0.3 is 15.0 Å². The van der Waals surface area contributed by atoms with E-state index in [1.807, 2.05) is 49.5 Å². The highest BCUT2D eigenvalue weighted by atomic mass is 16.5. The summed E-state index contributed by atoms with van der Waals surface area (Å²) in [6, 6.07) is 13.8. The molecule has 5 nitrogen and oxygen atoms in total. The van der Waals surface area contributed by atoms with Crippen LogP contribution in [0.1, 0.15) is 25.3 Å². The standard InChI is InChI=1S/C21H27N3O2/c1-2-26-19-8-6-17(7-9-19)15-21(25)23-16-18-10-13-24(14-11-18)20-5-3-4-12-22-20/h3-9,12,18H,2,10-11,13-16H2,1H3,(H,23,25). The summed E-state index contributed by atoms with van der Waals surface area (Å²) in [5.41, 5.74) is 1.01. The highest BCUT2D eigenvalue weighted by Crippen LogP contribution is 2.21. The molecule has 2 heterocycles. The van der Waals surface area contributed by atoms with E-state index in [9.17, 15) is 4.79 Å². The second kappa shape index (κ2) is 9.22. The zero-order valence-electron chi connectivity index (χ0n) is 15.4. The topological polar surface area (TPSA) is 54.5 Å². The van der Waals surface area contributed by atoms with E-state index in [2.05, 4.69) is 21.3 Å². The number of pyridine rings is 1. The van der Waals surface area contributed by atoms with Gasteiger partial charge in [-0.3, -0.25) is 4.79 Å². The van der Waals surface area contributed by atoms with E-state index in [1.54, 1.807) is 0 Å². The summed E-state index contributed by atoms with van der Waals surface area (Å²) in [5, 5.41) is 3.09. The number of hydrogen-bond acceptors (Lipinski definition) is 4. The van der Waals surface area contributed by atoms with E-state index in [1.165, 1.54) is 0 Å². The van der Waals surface area contributed by atoms with Crippen molar-refractivity contribution in [1.29, 1.82) is 0 Å². The van der Waals surface area contributed by atoms with Crippen LogP contribution in [-0.4, -0.2) is 37.1 Å². The minimum atomic E-state index is 0.0846. The van der Waals surface area contributed by atoms with Gasteiger partial charge >= 0.3 is 0 Å². The van der Waals surface area contributed by atoms with E-state index in [4.69, 9.17) is 4.74 Å². The number of piperidine rings is 1. The quantitative estimate of drug-likeness (QED) is 0.831.